The number of fused-ring (bicyclic) bond motifs is 1. The largest absolute Gasteiger partial charge is 0.381 e. The molecule has 0 radical (unpaired) electrons. The van der Waals surface area contributed by atoms with Gasteiger partial charge in [0.05, 0.1) is 28.6 Å². The van der Waals surface area contributed by atoms with Crippen molar-refractivity contribution < 1.29 is 9.53 Å². The third-order valence-corrected chi connectivity index (χ3v) is 6.42. The van der Waals surface area contributed by atoms with Gasteiger partial charge in [0.2, 0.25) is 0 Å². The lowest BCUT2D eigenvalue weighted by molar-refractivity contribution is 0.0321. The number of nitrogens with one attached hydrogen (secondary N) is 2. The Morgan fingerprint density at radius 1 is 1.12 bits per heavy atom. The molecule has 0 saturated carbocycles. The van der Waals surface area contributed by atoms with Gasteiger partial charge in [-0.3, -0.25) is 9.69 Å². The fraction of sp³-hybridized carbons (Fsp3) is 0.375. The maximum atomic E-state index is 12.7. The number of aromatic nitrogens is 2. The van der Waals surface area contributed by atoms with E-state index in [2.05, 4.69) is 31.2 Å². The molecule has 5 rings (SSSR count). The maximum absolute atomic E-state index is 12.7. The average Bonchev–Trinajstić information content (AvgIpc) is 3.33. The van der Waals surface area contributed by atoms with Gasteiger partial charge < -0.3 is 19.9 Å². The van der Waals surface area contributed by atoms with Crippen molar-refractivity contribution >= 4 is 28.3 Å². The van der Waals surface area contributed by atoms with Gasteiger partial charge in [0.25, 0.3) is 5.91 Å². The number of piperazine rings is 1. The Hall–Kier alpha value is -3.41. The molecule has 8 nitrogen and oxygen atoms in total. The van der Waals surface area contributed by atoms with Gasteiger partial charge in [-0.2, -0.15) is 5.26 Å². The molecule has 8 heteroatoms. The van der Waals surface area contributed by atoms with Crippen LogP contribution in [0.2, 0.25) is 0 Å². The third kappa shape index (κ3) is 4.17. The van der Waals surface area contributed by atoms with E-state index in [1.807, 2.05) is 18.2 Å². The molecule has 2 aliphatic heterocycles. The van der Waals surface area contributed by atoms with Crippen molar-refractivity contribution in [1.82, 2.24) is 14.9 Å². The molecule has 3 heterocycles. The number of rotatable bonds is 4. The van der Waals surface area contributed by atoms with E-state index < -0.39 is 0 Å². The third-order valence-electron chi connectivity index (χ3n) is 6.42. The molecule has 3 aromatic rings. The molecular formula is C24H26N6O2. The van der Waals surface area contributed by atoms with Crippen LogP contribution in [0.15, 0.2) is 42.7 Å². The lowest BCUT2D eigenvalue weighted by atomic mass is 10.1. The molecule has 0 unspecified atom stereocenters. The number of benzene rings is 2. The summed E-state index contributed by atoms with van der Waals surface area (Å²) >= 11 is 0. The van der Waals surface area contributed by atoms with Gasteiger partial charge in [0, 0.05) is 56.7 Å². The predicted molar refractivity (Wildman–Crippen MR) is 123 cm³/mol. The van der Waals surface area contributed by atoms with Crippen molar-refractivity contribution in [1.29, 1.82) is 5.26 Å². The van der Waals surface area contributed by atoms with E-state index in [4.69, 9.17) is 4.74 Å². The SMILES string of the molecule is N#Cc1cc(NC(=O)c2ccc3nc[nH]c3c2)ccc1N1CCN(C2CCOCC2)CC1. The van der Waals surface area contributed by atoms with E-state index in [-0.39, 0.29) is 5.91 Å². The molecule has 2 N–H and O–H groups in total. The normalized spacial score (nSPS) is 17.9. The number of amides is 1. The highest BCUT2D eigenvalue weighted by atomic mass is 16.5. The molecule has 164 valence electrons. The summed E-state index contributed by atoms with van der Waals surface area (Å²) in [6.07, 6.45) is 3.81. The van der Waals surface area contributed by atoms with Crippen LogP contribution in [0.5, 0.6) is 0 Å². The lowest BCUT2D eigenvalue weighted by Gasteiger charge is -2.41. The van der Waals surface area contributed by atoms with Gasteiger partial charge in [0.1, 0.15) is 6.07 Å². The van der Waals surface area contributed by atoms with Crippen LogP contribution in [0.3, 0.4) is 0 Å². The molecule has 32 heavy (non-hydrogen) atoms. The summed E-state index contributed by atoms with van der Waals surface area (Å²) in [7, 11) is 0. The Kier molecular flexibility index (Phi) is 5.75. The number of H-pyrrole nitrogens is 1. The van der Waals surface area contributed by atoms with E-state index in [0.717, 1.165) is 69.0 Å². The van der Waals surface area contributed by atoms with Gasteiger partial charge in [-0.05, 0) is 49.2 Å². The van der Waals surface area contributed by atoms with Crippen molar-refractivity contribution in [2.75, 3.05) is 49.6 Å². The Balaban J connectivity index is 1.26. The summed E-state index contributed by atoms with van der Waals surface area (Å²) in [6, 6.07) is 13.8. The molecule has 2 aliphatic rings. The maximum Gasteiger partial charge on any atom is 0.255 e. The van der Waals surface area contributed by atoms with Crippen LogP contribution in [0, 0.1) is 11.3 Å². The number of aromatic amines is 1. The first-order valence-corrected chi connectivity index (χ1v) is 11.1. The monoisotopic (exact) mass is 430 g/mol. The van der Waals surface area contributed by atoms with Crippen molar-refractivity contribution in [3.63, 3.8) is 0 Å². The number of nitrogens with zero attached hydrogens (tertiary/aromatic N) is 4. The van der Waals surface area contributed by atoms with Gasteiger partial charge in [-0.15, -0.1) is 0 Å². The highest BCUT2D eigenvalue weighted by molar-refractivity contribution is 6.06. The molecule has 0 spiro atoms. The zero-order valence-electron chi connectivity index (χ0n) is 17.9. The topological polar surface area (TPSA) is 97.3 Å². The van der Waals surface area contributed by atoms with E-state index in [9.17, 15) is 10.1 Å². The Labute approximate surface area is 186 Å². The fourth-order valence-electron chi connectivity index (χ4n) is 4.64. The van der Waals surface area contributed by atoms with Crippen LogP contribution < -0.4 is 10.2 Å². The number of anilines is 2. The van der Waals surface area contributed by atoms with E-state index in [1.54, 1.807) is 24.5 Å². The summed E-state index contributed by atoms with van der Waals surface area (Å²) < 4.78 is 5.49. The standard InChI is InChI=1S/C24H26N6O2/c25-15-18-13-19(28-24(31)17-1-3-21-22(14-17)27-16-26-21)2-4-23(18)30-9-7-29(8-10-30)20-5-11-32-12-6-20/h1-4,13-14,16,20H,5-12H2,(H,26,27)(H,28,31). The Morgan fingerprint density at radius 3 is 2.72 bits per heavy atom. The number of carbonyl (C=O) groups is 1. The number of ether oxygens (including phenoxy) is 1. The van der Waals surface area contributed by atoms with E-state index in [0.29, 0.717) is 22.9 Å². The number of nitriles is 1. The first kappa shape index (κ1) is 20.5. The first-order chi connectivity index (χ1) is 15.7. The highest BCUT2D eigenvalue weighted by Crippen LogP contribution is 2.27. The molecule has 0 atom stereocenters. The molecule has 0 aliphatic carbocycles. The first-order valence-electron chi connectivity index (χ1n) is 11.1. The zero-order chi connectivity index (χ0) is 21.9. The number of hydrogen-bond acceptors (Lipinski definition) is 6. The molecule has 1 amide bonds. The number of hydrogen-bond donors (Lipinski definition) is 2. The lowest BCUT2D eigenvalue weighted by Crippen LogP contribution is -2.51. The van der Waals surface area contributed by atoms with Crippen molar-refractivity contribution in [2.45, 2.75) is 18.9 Å². The average molecular weight is 431 g/mol. The number of imidazole rings is 1. The van der Waals surface area contributed by atoms with Crippen LogP contribution >= 0.6 is 0 Å². The van der Waals surface area contributed by atoms with Crippen LogP contribution in [0.4, 0.5) is 11.4 Å². The summed E-state index contributed by atoms with van der Waals surface area (Å²) in [5, 5.41) is 12.7. The van der Waals surface area contributed by atoms with E-state index >= 15 is 0 Å². The molecule has 2 fully saturated rings. The van der Waals surface area contributed by atoms with Crippen LogP contribution in [0.25, 0.3) is 11.0 Å². The minimum atomic E-state index is -0.219. The predicted octanol–water partition coefficient (Wildman–Crippen LogP) is 2.99. The summed E-state index contributed by atoms with van der Waals surface area (Å²) in [5.74, 6) is -0.219. The van der Waals surface area contributed by atoms with Gasteiger partial charge in [-0.1, -0.05) is 0 Å². The van der Waals surface area contributed by atoms with Crippen molar-refractivity contribution in [2.24, 2.45) is 0 Å². The second-order valence-electron chi connectivity index (χ2n) is 8.30. The van der Waals surface area contributed by atoms with Gasteiger partial charge in [0.15, 0.2) is 0 Å². The number of carbonyl (C=O) groups excluding carboxylic acids is 1. The second-order valence-corrected chi connectivity index (χ2v) is 8.30. The van der Waals surface area contributed by atoms with E-state index in [1.165, 1.54) is 0 Å². The van der Waals surface area contributed by atoms with Gasteiger partial charge in [-0.25, -0.2) is 4.98 Å². The smallest absolute Gasteiger partial charge is 0.255 e. The van der Waals surface area contributed by atoms with Crippen molar-refractivity contribution in [3.8, 4) is 6.07 Å². The quantitative estimate of drug-likeness (QED) is 0.661. The fourth-order valence-corrected chi connectivity index (χ4v) is 4.64. The van der Waals surface area contributed by atoms with Crippen LogP contribution in [-0.4, -0.2) is 66.2 Å². The molecule has 2 saturated heterocycles. The van der Waals surface area contributed by atoms with Crippen LogP contribution in [-0.2, 0) is 4.74 Å². The van der Waals surface area contributed by atoms with Crippen LogP contribution in [0.1, 0.15) is 28.8 Å². The molecule has 1 aromatic heterocycles. The minimum absolute atomic E-state index is 0.219. The van der Waals surface area contributed by atoms with Gasteiger partial charge >= 0.3 is 0 Å². The molecule has 2 aromatic carbocycles. The minimum Gasteiger partial charge on any atom is -0.381 e. The highest BCUT2D eigenvalue weighted by Gasteiger charge is 2.26. The molecular weight excluding hydrogens is 404 g/mol. The summed E-state index contributed by atoms with van der Waals surface area (Å²) in [6.45, 7) is 5.47. The Bertz CT molecular complexity index is 1150. The van der Waals surface area contributed by atoms with Crippen molar-refractivity contribution in [3.05, 3.63) is 53.9 Å². The zero-order valence-corrected chi connectivity index (χ0v) is 17.9. The Morgan fingerprint density at radius 2 is 1.94 bits per heavy atom. The molecule has 0 bridgehead atoms. The second kappa shape index (κ2) is 8.99. The summed E-state index contributed by atoms with van der Waals surface area (Å²) in [5.41, 5.74) is 4.27. The summed E-state index contributed by atoms with van der Waals surface area (Å²) in [4.78, 5) is 24.7.